The van der Waals surface area contributed by atoms with Crippen LogP contribution in [-0.4, -0.2) is 21.0 Å². The molecule has 0 atom stereocenters. The maximum atomic E-state index is 12.2. The normalized spacial score (nSPS) is 10.3. The number of hydrogen-bond acceptors (Lipinski definition) is 6. The van der Waals surface area contributed by atoms with E-state index in [0.29, 0.717) is 17.5 Å². The second-order valence-electron chi connectivity index (χ2n) is 5.03. The highest BCUT2D eigenvalue weighted by atomic mass is 16.5. The molecule has 0 aliphatic carbocycles. The number of nitrogens with one attached hydrogen (secondary N) is 2. The lowest BCUT2D eigenvalue weighted by molar-refractivity contribution is 0.102. The highest BCUT2D eigenvalue weighted by Crippen LogP contribution is 2.14. The zero-order valence-corrected chi connectivity index (χ0v) is 12.7. The maximum Gasteiger partial charge on any atom is 0.275 e. The van der Waals surface area contributed by atoms with Gasteiger partial charge in [0.25, 0.3) is 5.91 Å². The molecule has 0 bridgehead atoms. The van der Waals surface area contributed by atoms with E-state index in [1.807, 2.05) is 31.2 Å². The first-order valence-electron chi connectivity index (χ1n) is 7.01. The van der Waals surface area contributed by atoms with Gasteiger partial charge in [0.15, 0.2) is 5.82 Å². The van der Waals surface area contributed by atoms with E-state index in [9.17, 15) is 4.79 Å². The van der Waals surface area contributed by atoms with Crippen molar-refractivity contribution in [3.8, 4) is 0 Å². The van der Waals surface area contributed by atoms with Gasteiger partial charge in [0.1, 0.15) is 11.5 Å². The first-order valence-corrected chi connectivity index (χ1v) is 7.01. The van der Waals surface area contributed by atoms with Gasteiger partial charge in [-0.1, -0.05) is 22.9 Å². The lowest BCUT2D eigenvalue weighted by atomic mass is 10.2. The van der Waals surface area contributed by atoms with Crippen LogP contribution in [0.25, 0.3) is 0 Å². The Kier molecular flexibility index (Phi) is 4.01. The Morgan fingerprint density at radius 2 is 1.91 bits per heavy atom. The Balaban J connectivity index is 1.73. The summed E-state index contributed by atoms with van der Waals surface area (Å²) < 4.78 is 4.90. The molecule has 0 unspecified atom stereocenters. The summed E-state index contributed by atoms with van der Waals surface area (Å²) >= 11 is 0. The van der Waals surface area contributed by atoms with E-state index in [-0.39, 0.29) is 11.6 Å². The van der Waals surface area contributed by atoms with Crippen LogP contribution < -0.4 is 10.6 Å². The van der Waals surface area contributed by atoms with Gasteiger partial charge in [-0.3, -0.25) is 4.79 Å². The number of amides is 1. The summed E-state index contributed by atoms with van der Waals surface area (Å²) in [6, 6.07) is 11.0. The molecule has 0 spiro atoms. The summed E-state index contributed by atoms with van der Waals surface area (Å²) in [6.45, 7) is 3.76. The summed E-state index contributed by atoms with van der Waals surface area (Å²) in [5, 5.41) is 9.39. The van der Waals surface area contributed by atoms with Crippen molar-refractivity contribution >= 4 is 23.4 Å². The molecule has 2 aromatic heterocycles. The average Bonchev–Trinajstić information content (AvgIpc) is 2.95. The summed E-state index contributed by atoms with van der Waals surface area (Å²) in [5.74, 6) is 0.925. The SMILES string of the molecule is Cc1ccc(Nc2nccc(C(=O)Nc3cc(C)on3)n2)cc1. The van der Waals surface area contributed by atoms with E-state index in [1.165, 1.54) is 12.3 Å². The van der Waals surface area contributed by atoms with Crippen LogP contribution in [0.3, 0.4) is 0 Å². The number of anilines is 3. The smallest absolute Gasteiger partial charge is 0.275 e. The van der Waals surface area contributed by atoms with Crippen molar-refractivity contribution in [3.05, 3.63) is 59.6 Å². The van der Waals surface area contributed by atoms with E-state index >= 15 is 0 Å². The number of rotatable bonds is 4. The zero-order chi connectivity index (χ0) is 16.2. The monoisotopic (exact) mass is 309 g/mol. The fraction of sp³-hybridized carbons (Fsp3) is 0.125. The van der Waals surface area contributed by atoms with E-state index in [2.05, 4.69) is 25.8 Å². The standard InChI is InChI=1S/C16H15N5O2/c1-10-3-5-12(6-4-10)18-16-17-8-7-13(19-16)15(22)20-14-9-11(2)23-21-14/h3-9H,1-2H3,(H,17,18,19)(H,20,21,22). The Hall–Kier alpha value is -3.22. The van der Waals surface area contributed by atoms with E-state index in [4.69, 9.17) is 4.52 Å². The van der Waals surface area contributed by atoms with Crippen molar-refractivity contribution in [1.29, 1.82) is 0 Å². The topological polar surface area (TPSA) is 92.9 Å². The lowest BCUT2D eigenvalue weighted by Gasteiger charge is -2.06. The maximum absolute atomic E-state index is 12.2. The second-order valence-corrected chi connectivity index (χ2v) is 5.03. The summed E-state index contributed by atoms with van der Waals surface area (Å²) in [6.07, 6.45) is 1.52. The highest BCUT2D eigenvalue weighted by Gasteiger charge is 2.11. The predicted octanol–water partition coefficient (Wildman–Crippen LogP) is 3.08. The van der Waals surface area contributed by atoms with Crippen molar-refractivity contribution in [2.75, 3.05) is 10.6 Å². The fourth-order valence-corrected chi connectivity index (χ4v) is 1.92. The van der Waals surface area contributed by atoms with Crippen LogP contribution in [-0.2, 0) is 0 Å². The van der Waals surface area contributed by atoms with Crippen LogP contribution in [0, 0.1) is 13.8 Å². The molecule has 0 saturated carbocycles. The van der Waals surface area contributed by atoms with Crippen molar-refractivity contribution in [2.24, 2.45) is 0 Å². The number of carbonyl (C=O) groups is 1. The Morgan fingerprint density at radius 1 is 1.13 bits per heavy atom. The molecule has 23 heavy (non-hydrogen) atoms. The molecular weight excluding hydrogens is 294 g/mol. The second kappa shape index (κ2) is 6.27. The molecule has 7 nitrogen and oxygen atoms in total. The molecule has 3 aromatic rings. The molecule has 0 aliphatic rings. The molecule has 7 heteroatoms. The number of aromatic nitrogens is 3. The first-order chi connectivity index (χ1) is 11.1. The van der Waals surface area contributed by atoms with Crippen LogP contribution in [0.15, 0.2) is 47.1 Å². The minimum Gasteiger partial charge on any atom is -0.360 e. The molecule has 2 heterocycles. The van der Waals surface area contributed by atoms with Crippen LogP contribution >= 0.6 is 0 Å². The predicted molar refractivity (Wildman–Crippen MR) is 85.7 cm³/mol. The van der Waals surface area contributed by atoms with Crippen molar-refractivity contribution in [2.45, 2.75) is 13.8 Å². The van der Waals surface area contributed by atoms with Crippen molar-refractivity contribution < 1.29 is 9.32 Å². The zero-order valence-electron chi connectivity index (χ0n) is 12.7. The number of carbonyl (C=O) groups excluding carboxylic acids is 1. The minimum absolute atomic E-state index is 0.232. The quantitative estimate of drug-likeness (QED) is 0.769. The third kappa shape index (κ3) is 3.70. The largest absolute Gasteiger partial charge is 0.360 e. The van der Waals surface area contributed by atoms with Gasteiger partial charge in [0.2, 0.25) is 5.95 Å². The van der Waals surface area contributed by atoms with Crippen LogP contribution in [0.5, 0.6) is 0 Å². The molecule has 1 amide bonds. The molecule has 0 aliphatic heterocycles. The first kappa shape index (κ1) is 14.7. The van der Waals surface area contributed by atoms with E-state index < -0.39 is 0 Å². The Labute approximate surface area is 132 Å². The molecule has 3 rings (SSSR count). The Morgan fingerprint density at radius 3 is 2.61 bits per heavy atom. The van der Waals surface area contributed by atoms with Crippen LogP contribution in [0.4, 0.5) is 17.5 Å². The van der Waals surface area contributed by atoms with Crippen LogP contribution in [0.1, 0.15) is 21.8 Å². The average molecular weight is 309 g/mol. The molecule has 0 fully saturated rings. The molecule has 0 radical (unpaired) electrons. The summed E-state index contributed by atoms with van der Waals surface area (Å²) in [4.78, 5) is 20.5. The number of nitrogens with zero attached hydrogens (tertiary/aromatic N) is 3. The van der Waals surface area contributed by atoms with Crippen LogP contribution in [0.2, 0.25) is 0 Å². The van der Waals surface area contributed by atoms with Gasteiger partial charge in [0, 0.05) is 18.0 Å². The number of aryl methyl sites for hydroxylation is 2. The Bertz CT molecular complexity index is 826. The van der Waals surface area contributed by atoms with Gasteiger partial charge in [-0.15, -0.1) is 0 Å². The number of benzene rings is 1. The molecular formula is C16H15N5O2. The third-order valence-corrected chi connectivity index (χ3v) is 3.07. The summed E-state index contributed by atoms with van der Waals surface area (Å²) in [5.41, 5.74) is 2.24. The van der Waals surface area contributed by atoms with Crippen molar-refractivity contribution in [1.82, 2.24) is 15.1 Å². The fourth-order valence-electron chi connectivity index (χ4n) is 1.92. The molecule has 1 aromatic carbocycles. The minimum atomic E-state index is -0.382. The lowest BCUT2D eigenvalue weighted by Crippen LogP contribution is -2.15. The van der Waals surface area contributed by atoms with Gasteiger partial charge in [-0.2, -0.15) is 0 Å². The van der Waals surface area contributed by atoms with Crippen molar-refractivity contribution in [3.63, 3.8) is 0 Å². The van der Waals surface area contributed by atoms with E-state index in [1.54, 1.807) is 13.0 Å². The van der Waals surface area contributed by atoms with Gasteiger partial charge in [-0.25, -0.2) is 9.97 Å². The number of hydrogen-bond donors (Lipinski definition) is 2. The molecule has 0 saturated heterocycles. The van der Waals surface area contributed by atoms with Gasteiger partial charge >= 0.3 is 0 Å². The highest BCUT2D eigenvalue weighted by molar-refractivity contribution is 6.02. The molecule has 2 N–H and O–H groups in total. The molecule has 116 valence electrons. The van der Waals surface area contributed by atoms with E-state index in [0.717, 1.165) is 11.3 Å². The summed E-state index contributed by atoms with van der Waals surface area (Å²) in [7, 11) is 0. The van der Waals surface area contributed by atoms with Gasteiger partial charge in [-0.05, 0) is 32.0 Å². The third-order valence-electron chi connectivity index (χ3n) is 3.07. The van der Waals surface area contributed by atoms with Gasteiger partial charge in [0.05, 0.1) is 0 Å². The van der Waals surface area contributed by atoms with Gasteiger partial charge < -0.3 is 15.2 Å².